The maximum atomic E-state index is 13.3. The van der Waals surface area contributed by atoms with Crippen molar-refractivity contribution in [3.05, 3.63) is 59.4 Å². The van der Waals surface area contributed by atoms with E-state index < -0.39 is 37.6 Å². The molecule has 1 saturated heterocycles. The molecule has 2 aromatic rings. The van der Waals surface area contributed by atoms with Crippen LogP contribution in [0, 0.1) is 12.7 Å². The Kier molecular flexibility index (Phi) is 5.55. The fraction of sp³-hybridized carbons (Fsp3) is 0.278. The van der Waals surface area contributed by atoms with Gasteiger partial charge in [0.15, 0.2) is 9.84 Å². The average Bonchev–Trinajstić information content (AvgIpc) is 2.96. The van der Waals surface area contributed by atoms with Gasteiger partial charge in [-0.3, -0.25) is 4.79 Å². The predicted octanol–water partition coefficient (Wildman–Crippen LogP) is 1.85. The highest BCUT2D eigenvalue weighted by atomic mass is 32.2. The van der Waals surface area contributed by atoms with Crippen LogP contribution in [0.25, 0.3) is 0 Å². The third kappa shape index (κ3) is 4.75. The van der Waals surface area contributed by atoms with Crippen molar-refractivity contribution < 1.29 is 26.0 Å². The normalized spacial score (nSPS) is 18.7. The van der Waals surface area contributed by atoms with Gasteiger partial charge in [-0.15, -0.1) is 0 Å². The summed E-state index contributed by atoms with van der Waals surface area (Å²) in [7, 11) is -7.21. The maximum Gasteiger partial charge on any atom is 0.255 e. The van der Waals surface area contributed by atoms with Crippen molar-refractivity contribution in [1.82, 2.24) is 4.72 Å². The lowest BCUT2D eigenvalue weighted by Crippen LogP contribution is -2.35. The molecule has 150 valence electrons. The molecule has 1 amide bonds. The van der Waals surface area contributed by atoms with Crippen LogP contribution >= 0.6 is 0 Å². The minimum atomic E-state index is -3.98. The van der Waals surface area contributed by atoms with Crippen molar-refractivity contribution in [2.75, 3.05) is 16.8 Å². The van der Waals surface area contributed by atoms with Crippen LogP contribution in [0.1, 0.15) is 22.3 Å². The lowest BCUT2D eigenvalue weighted by molar-refractivity contribution is 0.102. The molecule has 0 radical (unpaired) electrons. The molecule has 0 spiro atoms. The summed E-state index contributed by atoms with van der Waals surface area (Å²) in [6.07, 6.45) is 0.214. The number of aryl methyl sites for hydroxylation is 1. The van der Waals surface area contributed by atoms with Crippen molar-refractivity contribution in [3.63, 3.8) is 0 Å². The van der Waals surface area contributed by atoms with E-state index in [-0.39, 0.29) is 28.4 Å². The second kappa shape index (κ2) is 7.61. The van der Waals surface area contributed by atoms with Gasteiger partial charge >= 0.3 is 0 Å². The summed E-state index contributed by atoms with van der Waals surface area (Å²) in [5.41, 5.74) is 0.847. The Bertz CT molecular complexity index is 1130. The van der Waals surface area contributed by atoms with Gasteiger partial charge in [0.1, 0.15) is 5.82 Å². The van der Waals surface area contributed by atoms with Gasteiger partial charge in [0.05, 0.1) is 16.4 Å². The zero-order valence-electron chi connectivity index (χ0n) is 15.0. The monoisotopic (exact) mass is 426 g/mol. The lowest BCUT2D eigenvalue weighted by Gasteiger charge is -2.12. The van der Waals surface area contributed by atoms with Crippen molar-refractivity contribution in [2.45, 2.75) is 24.3 Å². The van der Waals surface area contributed by atoms with Crippen LogP contribution in [-0.2, 0) is 19.9 Å². The highest BCUT2D eigenvalue weighted by Gasteiger charge is 2.31. The zero-order valence-corrected chi connectivity index (χ0v) is 16.6. The third-order valence-electron chi connectivity index (χ3n) is 4.38. The van der Waals surface area contributed by atoms with E-state index in [0.717, 1.165) is 0 Å². The first-order valence-electron chi connectivity index (χ1n) is 8.46. The largest absolute Gasteiger partial charge is 0.322 e. The minimum absolute atomic E-state index is 0.0558. The smallest absolute Gasteiger partial charge is 0.255 e. The number of nitrogens with one attached hydrogen (secondary N) is 2. The van der Waals surface area contributed by atoms with E-state index in [0.29, 0.717) is 11.3 Å². The Labute approximate surface area is 162 Å². The Morgan fingerprint density at radius 3 is 2.57 bits per heavy atom. The van der Waals surface area contributed by atoms with E-state index in [1.807, 2.05) is 0 Å². The van der Waals surface area contributed by atoms with Gasteiger partial charge in [-0.1, -0.05) is 6.07 Å². The van der Waals surface area contributed by atoms with Gasteiger partial charge in [-0.2, -0.15) is 0 Å². The number of sulfone groups is 1. The summed E-state index contributed by atoms with van der Waals surface area (Å²) in [6.45, 7) is 1.56. The quantitative estimate of drug-likeness (QED) is 0.758. The molecule has 0 aromatic heterocycles. The molecule has 1 heterocycles. The first-order chi connectivity index (χ1) is 13.1. The van der Waals surface area contributed by atoms with Gasteiger partial charge in [0.2, 0.25) is 10.0 Å². The SMILES string of the molecule is Cc1cc(NC(=O)c2cccc(S(=O)(=O)NC3CCS(=O)(=O)C3)c2)ccc1F. The standard InChI is InChI=1S/C18H19FN2O5S2/c1-12-9-14(5-6-17(12)19)20-18(22)13-3-2-4-16(10-13)28(25,26)21-15-7-8-27(23,24)11-15/h2-6,9-10,15,21H,7-8,11H2,1H3,(H,20,22). The first kappa shape index (κ1) is 20.4. The van der Waals surface area contributed by atoms with E-state index >= 15 is 0 Å². The highest BCUT2D eigenvalue weighted by Crippen LogP contribution is 2.19. The molecule has 7 nitrogen and oxygen atoms in total. The van der Waals surface area contributed by atoms with Crippen LogP contribution in [0.2, 0.25) is 0 Å². The number of carbonyl (C=O) groups is 1. The molecule has 28 heavy (non-hydrogen) atoms. The molecular formula is C18H19FN2O5S2. The van der Waals surface area contributed by atoms with E-state index in [1.54, 1.807) is 6.92 Å². The van der Waals surface area contributed by atoms with Gasteiger partial charge in [0.25, 0.3) is 5.91 Å². The number of anilines is 1. The Morgan fingerprint density at radius 2 is 1.93 bits per heavy atom. The number of sulfonamides is 1. The number of carbonyl (C=O) groups excluding carboxylic acids is 1. The zero-order chi connectivity index (χ0) is 20.5. The predicted molar refractivity (Wildman–Crippen MR) is 103 cm³/mol. The van der Waals surface area contributed by atoms with Crippen LogP contribution in [-0.4, -0.2) is 40.3 Å². The van der Waals surface area contributed by atoms with E-state index in [4.69, 9.17) is 0 Å². The van der Waals surface area contributed by atoms with Crippen LogP contribution < -0.4 is 10.0 Å². The Morgan fingerprint density at radius 1 is 1.18 bits per heavy atom. The van der Waals surface area contributed by atoms with Gasteiger partial charge in [-0.25, -0.2) is 25.9 Å². The summed E-state index contributed by atoms with van der Waals surface area (Å²) in [4.78, 5) is 12.3. The molecule has 3 rings (SSSR count). The van der Waals surface area contributed by atoms with Gasteiger partial charge < -0.3 is 5.32 Å². The third-order valence-corrected chi connectivity index (χ3v) is 7.66. The Balaban J connectivity index is 1.77. The number of hydrogen-bond acceptors (Lipinski definition) is 5. The lowest BCUT2D eigenvalue weighted by atomic mass is 10.2. The van der Waals surface area contributed by atoms with E-state index in [2.05, 4.69) is 10.0 Å². The maximum absolute atomic E-state index is 13.3. The topological polar surface area (TPSA) is 109 Å². The van der Waals surface area contributed by atoms with E-state index in [1.165, 1.54) is 42.5 Å². The summed E-state index contributed by atoms with van der Waals surface area (Å²) in [5, 5.41) is 2.59. The molecule has 1 aliphatic rings. The van der Waals surface area contributed by atoms with Crippen molar-refractivity contribution in [1.29, 1.82) is 0 Å². The molecule has 0 saturated carbocycles. The molecule has 0 aliphatic carbocycles. The average molecular weight is 426 g/mol. The molecular weight excluding hydrogens is 407 g/mol. The minimum Gasteiger partial charge on any atom is -0.322 e. The number of benzene rings is 2. The first-order valence-corrected chi connectivity index (χ1v) is 11.8. The summed E-state index contributed by atoms with van der Waals surface area (Å²) < 4.78 is 63.8. The van der Waals surface area contributed by atoms with Crippen molar-refractivity contribution in [2.24, 2.45) is 0 Å². The van der Waals surface area contributed by atoms with Crippen LogP contribution in [0.15, 0.2) is 47.4 Å². The highest BCUT2D eigenvalue weighted by molar-refractivity contribution is 7.92. The van der Waals surface area contributed by atoms with E-state index in [9.17, 15) is 26.0 Å². The van der Waals surface area contributed by atoms with Gasteiger partial charge in [-0.05, 0) is 55.3 Å². The number of rotatable bonds is 5. The second-order valence-corrected chi connectivity index (χ2v) is 10.6. The van der Waals surface area contributed by atoms with Crippen LogP contribution in [0.4, 0.5) is 10.1 Å². The van der Waals surface area contributed by atoms with Crippen molar-refractivity contribution >= 4 is 31.5 Å². The van der Waals surface area contributed by atoms with Crippen molar-refractivity contribution in [3.8, 4) is 0 Å². The molecule has 0 bridgehead atoms. The van der Waals surface area contributed by atoms with Crippen LogP contribution in [0.3, 0.4) is 0 Å². The van der Waals surface area contributed by atoms with Crippen LogP contribution in [0.5, 0.6) is 0 Å². The summed E-state index contributed by atoms with van der Waals surface area (Å²) >= 11 is 0. The molecule has 1 fully saturated rings. The molecule has 10 heteroatoms. The van der Waals surface area contributed by atoms with Gasteiger partial charge in [0, 0.05) is 17.3 Å². The second-order valence-electron chi connectivity index (χ2n) is 6.67. The molecule has 2 aromatic carbocycles. The number of halogens is 1. The fourth-order valence-electron chi connectivity index (χ4n) is 2.91. The number of amides is 1. The molecule has 1 aliphatic heterocycles. The Hall–Kier alpha value is -2.30. The fourth-order valence-corrected chi connectivity index (χ4v) is 6.00. The molecule has 2 N–H and O–H groups in total. The molecule has 1 unspecified atom stereocenters. The summed E-state index contributed by atoms with van der Waals surface area (Å²) in [5.74, 6) is -1.24. The summed E-state index contributed by atoms with van der Waals surface area (Å²) in [6, 6.07) is 8.82. The number of hydrogen-bond donors (Lipinski definition) is 2. The molecule has 1 atom stereocenters.